The highest BCUT2D eigenvalue weighted by atomic mass is 35.5. The van der Waals surface area contributed by atoms with E-state index in [1.165, 1.54) is 44.3 Å². The van der Waals surface area contributed by atoms with E-state index in [4.69, 9.17) is 4.98 Å². The van der Waals surface area contributed by atoms with E-state index in [1.807, 2.05) is 18.2 Å². The van der Waals surface area contributed by atoms with Gasteiger partial charge in [-0.05, 0) is 68.6 Å². The number of hydrogen-bond acceptors (Lipinski definition) is 4. The molecule has 3 heterocycles. The molecule has 3 aliphatic carbocycles. The summed E-state index contributed by atoms with van der Waals surface area (Å²) in [4.78, 5) is 43.4. The molecule has 7 rings (SSSR count). The van der Waals surface area contributed by atoms with Crippen molar-refractivity contribution in [2.24, 2.45) is 13.0 Å². The van der Waals surface area contributed by atoms with Crippen molar-refractivity contribution in [3.05, 3.63) is 41.3 Å². The fourth-order valence-corrected chi connectivity index (χ4v) is 6.42. The van der Waals surface area contributed by atoms with Gasteiger partial charge in [-0.3, -0.25) is 19.7 Å². The maximum Gasteiger partial charge on any atom is 0.255 e. The molecule has 1 atom stereocenters. The second kappa shape index (κ2) is 7.97. The summed E-state index contributed by atoms with van der Waals surface area (Å²) in [5.41, 5.74) is 3.72. The summed E-state index contributed by atoms with van der Waals surface area (Å²) in [6, 6.07) is 5.28. The lowest BCUT2D eigenvalue weighted by Crippen LogP contribution is -2.52. The molecule has 1 N–H and O–H groups in total. The number of carbonyl (C=O) groups is 3. The summed E-state index contributed by atoms with van der Waals surface area (Å²) in [5, 5.41) is 2.36. The first-order valence-electron chi connectivity index (χ1n) is 11.8. The number of hydrogen-bond donors (Lipinski definition) is 1. The molecule has 2 aromatic rings. The molecule has 33 heavy (non-hydrogen) atoms. The minimum absolute atomic E-state index is 0. The highest BCUT2D eigenvalue weighted by Gasteiger charge is 2.44. The third-order valence-electron chi connectivity index (χ3n) is 8.26. The molecule has 8 heteroatoms. The molecule has 5 aliphatic rings. The summed E-state index contributed by atoms with van der Waals surface area (Å²) in [5.74, 6) is 1.33. The van der Waals surface area contributed by atoms with Gasteiger partial charge < -0.3 is 9.47 Å². The highest BCUT2D eigenvalue weighted by molar-refractivity contribution is 6.05. The Labute approximate surface area is 199 Å². The Bertz CT molecular complexity index is 1130. The smallest absolute Gasteiger partial charge is 0.255 e. The maximum absolute atomic E-state index is 13.0. The fourth-order valence-electron chi connectivity index (χ4n) is 6.42. The Morgan fingerprint density at radius 3 is 2.48 bits per heavy atom. The average molecular weight is 469 g/mol. The van der Waals surface area contributed by atoms with Crippen LogP contribution in [0.4, 0.5) is 0 Å². The third kappa shape index (κ3) is 3.48. The van der Waals surface area contributed by atoms with Crippen LogP contribution in [0.15, 0.2) is 24.4 Å². The summed E-state index contributed by atoms with van der Waals surface area (Å²) in [6.45, 7) is 0.388. The number of aromatic nitrogens is 2. The molecule has 174 valence electrons. The van der Waals surface area contributed by atoms with Crippen LogP contribution >= 0.6 is 12.4 Å². The number of amides is 3. The van der Waals surface area contributed by atoms with Gasteiger partial charge in [-0.1, -0.05) is 6.07 Å². The van der Waals surface area contributed by atoms with Crippen molar-refractivity contribution in [2.75, 3.05) is 0 Å². The molecule has 0 radical (unpaired) electrons. The lowest BCUT2D eigenvalue weighted by Gasteiger charge is -2.45. The van der Waals surface area contributed by atoms with Gasteiger partial charge >= 0.3 is 0 Å². The van der Waals surface area contributed by atoms with Crippen molar-refractivity contribution in [3.8, 4) is 11.3 Å². The molecule has 2 bridgehead atoms. The SMILES string of the molecule is Cl.Cn1cc(-c2ccc3c(c2)CN(C2CCC(=O)NC2=O)C3=O)nc1C12CCC(CC1)CC2. The lowest BCUT2D eigenvalue weighted by molar-refractivity contribution is -0.136. The Morgan fingerprint density at radius 1 is 1.06 bits per heavy atom. The van der Waals surface area contributed by atoms with E-state index < -0.39 is 6.04 Å². The van der Waals surface area contributed by atoms with Crippen LogP contribution in [0.5, 0.6) is 0 Å². The zero-order chi connectivity index (χ0) is 22.0. The summed E-state index contributed by atoms with van der Waals surface area (Å²) in [6.07, 6.45) is 10.4. The molecule has 3 saturated carbocycles. The fraction of sp³-hybridized carbons (Fsp3) is 0.520. The first kappa shape index (κ1) is 22.1. The molecule has 7 nitrogen and oxygen atoms in total. The van der Waals surface area contributed by atoms with Gasteiger partial charge in [0, 0.05) is 42.8 Å². The first-order chi connectivity index (χ1) is 15.4. The van der Waals surface area contributed by atoms with Crippen LogP contribution in [0, 0.1) is 5.92 Å². The van der Waals surface area contributed by atoms with Crippen LogP contribution in [0.25, 0.3) is 11.3 Å². The Hall–Kier alpha value is -2.67. The van der Waals surface area contributed by atoms with Gasteiger partial charge in [-0.25, -0.2) is 4.98 Å². The maximum atomic E-state index is 13.0. The standard InChI is InChI=1S/C25H28N4O3.ClH/c1-28-14-19(26-24(28)25-9-6-15(7-10-25)8-11-25)16-2-3-18-17(12-16)13-29(23(18)32)20-4-5-21(30)27-22(20)31;/h2-3,12,14-15,20H,4-11,13H2,1H3,(H,27,30,31);1H. The van der Waals surface area contributed by atoms with E-state index in [9.17, 15) is 14.4 Å². The molecule has 1 saturated heterocycles. The van der Waals surface area contributed by atoms with Crippen LogP contribution < -0.4 is 5.32 Å². The first-order valence-corrected chi connectivity index (χ1v) is 11.8. The number of piperidine rings is 1. The van der Waals surface area contributed by atoms with Crippen LogP contribution in [0.1, 0.15) is 73.1 Å². The van der Waals surface area contributed by atoms with E-state index in [0.717, 1.165) is 22.7 Å². The van der Waals surface area contributed by atoms with Gasteiger partial charge in [-0.2, -0.15) is 0 Å². The summed E-state index contributed by atoms with van der Waals surface area (Å²) < 4.78 is 2.20. The van der Waals surface area contributed by atoms with Gasteiger partial charge in [0.2, 0.25) is 11.8 Å². The summed E-state index contributed by atoms with van der Waals surface area (Å²) >= 11 is 0. The van der Waals surface area contributed by atoms with Gasteiger partial charge in [-0.15, -0.1) is 12.4 Å². The summed E-state index contributed by atoms with van der Waals surface area (Å²) in [7, 11) is 2.10. The van der Waals surface area contributed by atoms with Crippen molar-refractivity contribution in [2.45, 2.75) is 69.4 Å². The number of nitrogens with one attached hydrogen (secondary N) is 1. The normalized spacial score (nSPS) is 28.5. The van der Waals surface area contributed by atoms with Crippen LogP contribution in [-0.4, -0.2) is 38.2 Å². The Balaban J connectivity index is 0.00000228. The molecular weight excluding hydrogens is 440 g/mol. The van der Waals surface area contributed by atoms with Gasteiger partial charge in [0.1, 0.15) is 11.9 Å². The predicted molar refractivity (Wildman–Crippen MR) is 125 cm³/mol. The molecule has 1 aromatic heterocycles. The number of imide groups is 1. The molecule has 4 fully saturated rings. The van der Waals surface area contributed by atoms with Gasteiger partial charge in [0.05, 0.1) is 5.69 Å². The zero-order valence-corrected chi connectivity index (χ0v) is 19.6. The number of nitrogens with zero attached hydrogens (tertiary/aromatic N) is 3. The molecule has 3 amide bonds. The number of rotatable bonds is 3. The van der Waals surface area contributed by atoms with E-state index in [-0.39, 0.29) is 42.0 Å². The predicted octanol–water partition coefficient (Wildman–Crippen LogP) is 3.49. The minimum Gasteiger partial charge on any atom is -0.337 e. The van der Waals surface area contributed by atoms with E-state index in [2.05, 4.69) is 23.1 Å². The molecule has 1 aromatic carbocycles. The molecular formula is C25H29ClN4O3. The number of benzene rings is 1. The van der Waals surface area contributed by atoms with Crippen LogP contribution in [0.3, 0.4) is 0 Å². The van der Waals surface area contributed by atoms with E-state index in [1.54, 1.807) is 4.90 Å². The topological polar surface area (TPSA) is 84.3 Å². The van der Waals surface area contributed by atoms with E-state index in [0.29, 0.717) is 18.5 Å². The van der Waals surface area contributed by atoms with Crippen molar-refractivity contribution < 1.29 is 14.4 Å². The van der Waals surface area contributed by atoms with Gasteiger partial charge in [0.25, 0.3) is 5.91 Å². The monoisotopic (exact) mass is 468 g/mol. The van der Waals surface area contributed by atoms with Crippen molar-refractivity contribution >= 4 is 30.1 Å². The number of carbonyl (C=O) groups excluding carboxylic acids is 3. The molecule has 0 spiro atoms. The van der Waals surface area contributed by atoms with Crippen molar-refractivity contribution in [1.29, 1.82) is 0 Å². The second-order valence-corrected chi connectivity index (χ2v) is 10.1. The average Bonchev–Trinajstić information content (AvgIpc) is 3.35. The van der Waals surface area contributed by atoms with Crippen molar-refractivity contribution in [1.82, 2.24) is 19.8 Å². The second-order valence-electron chi connectivity index (χ2n) is 10.1. The highest BCUT2D eigenvalue weighted by Crippen LogP contribution is 2.51. The number of imidazole rings is 1. The number of fused-ring (bicyclic) bond motifs is 4. The van der Waals surface area contributed by atoms with E-state index >= 15 is 0 Å². The lowest BCUT2D eigenvalue weighted by atomic mass is 9.60. The van der Waals surface area contributed by atoms with Gasteiger partial charge in [0.15, 0.2) is 0 Å². The third-order valence-corrected chi connectivity index (χ3v) is 8.26. The molecule has 1 unspecified atom stereocenters. The number of aryl methyl sites for hydroxylation is 1. The molecule has 2 aliphatic heterocycles. The van der Waals surface area contributed by atoms with Crippen LogP contribution in [0.2, 0.25) is 0 Å². The zero-order valence-electron chi connectivity index (χ0n) is 18.8. The number of halogens is 1. The Kier molecular flexibility index (Phi) is 5.35. The largest absolute Gasteiger partial charge is 0.337 e. The van der Waals surface area contributed by atoms with Crippen LogP contribution in [-0.2, 0) is 28.6 Å². The quantitative estimate of drug-likeness (QED) is 0.699. The van der Waals surface area contributed by atoms with Crippen molar-refractivity contribution in [3.63, 3.8) is 0 Å². The minimum atomic E-state index is -0.585. The Morgan fingerprint density at radius 2 is 1.79 bits per heavy atom.